The SMILES string of the molecule is COC(=O)c1sccc1NC(=O)CN1CCC[C@H](C(=O)Nc2cccc(C)n2)C1. The zero-order valence-electron chi connectivity index (χ0n) is 16.4. The molecule has 0 radical (unpaired) electrons. The molecule has 3 heterocycles. The Morgan fingerprint density at radius 1 is 1.28 bits per heavy atom. The molecule has 0 unspecified atom stereocenters. The monoisotopic (exact) mass is 416 g/mol. The molecule has 1 aliphatic heterocycles. The molecule has 2 N–H and O–H groups in total. The first kappa shape index (κ1) is 20.9. The number of anilines is 2. The smallest absolute Gasteiger partial charge is 0.350 e. The number of hydrogen-bond donors (Lipinski definition) is 2. The van der Waals surface area contributed by atoms with Gasteiger partial charge in [0.15, 0.2) is 0 Å². The molecule has 0 aromatic carbocycles. The number of carbonyl (C=O) groups excluding carboxylic acids is 3. The average Bonchev–Trinajstić information content (AvgIpc) is 3.15. The highest BCUT2D eigenvalue weighted by Crippen LogP contribution is 2.23. The fourth-order valence-electron chi connectivity index (χ4n) is 3.31. The van der Waals surface area contributed by atoms with Crippen molar-refractivity contribution < 1.29 is 19.1 Å². The lowest BCUT2D eigenvalue weighted by molar-refractivity contribution is -0.123. The van der Waals surface area contributed by atoms with Gasteiger partial charge in [-0.1, -0.05) is 6.07 Å². The van der Waals surface area contributed by atoms with Crippen LogP contribution in [-0.2, 0) is 14.3 Å². The summed E-state index contributed by atoms with van der Waals surface area (Å²) in [4.78, 5) is 43.4. The lowest BCUT2D eigenvalue weighted by atomic mass is 9.97. The number of piperidine rings is 1. The van der Waals surface area contributed by atoms with Crippen molar-refractivity contribution in [2.24, 2.45) is 5.92 Å². The second-order valence-electron chi connectivity index (χ2n) is 6.93. The molecule has 154 valence electrons. The summed E-state index contributed by atoms with van der Waals surface area (Å²) in [5, 5.41) is 7.35. The molecule has 0 spiro atoms. The highest BCUT2D eigenvalue weighted by Gasteiger charge is 2.27. The van der Waals surface area contributed by atoms with E-state index in [0.717, 1.165) is 25.1 Å². The first-order valence-electron chi connectivity index (χ1n) is 9.39. The van der Waals surface area contributed by atoms with Crippen molar-refractivity contribution in [1.82, 2.24) is 9.88 Å². The second-order valence-corrected chi connectivity index (χ2v) is 7.85. The fraction of sp³-hybridized carbons (Fsp3) is 0.400. The van der Waals surface area contributed by atoms with Gasteiger partial charge in [-0.25, -0.2) is 9.78 Å². The van der Waals surface area contributed by atoms with E-state index < -0.39 is 5.97 Å². The van der Waals surface area contributed by atoms with E-state index in [-0.39, 0.29) is 24.3 Å². The molecule has 9 heteroatoms. The summed E-state index contributed by atoms with van der Waals surface area (Å²) in [5.74, 6) is -0.452. The van der Waals surface area contributed by atoms with Crippen molar-refractivity contribution in [3.63, 3.8) is 0 Å². The van der Waals surface area contributed by atoms with E-state index in [1.54, 1.807) is 17.5 Å². The zero-order chi connectivity index (χ0) is 20.8. The third-order valence-electron chi connectivity index (χ3n) is 4.69. The molecule has 2 amide bonds. The fourth-order valence-corrected chi connectivity index (χ4v) is 4.07. The lowest BCUT2D eigenvalue weighted by Gasteiger charge is -2.31. The van der Waals surface area contributed by atoms with Crippen molar-refractivity contribution in [3.8, 4) is 0 Å². The molecule has 0 aliphatic carbocycles. The third kappa shape index (κ3) is 5.61. The average molecular weight is 417 g/mol. The van der Waals surface area contributed by atoms with Crippen LogP contribution in [0.2, 0.25) is 0 Å². The number of carbonyl (C=O) groups is 3. The van der Waals surface area contributed by atoms with Crippen molar-refractivity contribution in [2.75, 3.05) is 37.4 Å². The van der Waals surface area contributed by atoms with Crippen LogP contribution in [0.25, 0.3) is 0 Å². The molecule has 3 rings (SSSR count). The molecule has 2 aromatic heterocycles. The second kappa shape index (κ2) is 9.62. The van der Waals surface area contributed by atoms with E-state index in [1.807, 2.05) is 24.0 Å². The van der Waals surface area contributed by atoms with Crippen LogP contribution in [-0.4, -0.2) is 54.4 Å². The highest BCUT2D eigenvalue weighted by atomic mass is 32.1. The van der Waals surface area contributed by atoms with Crippen molar-refractivity contribution >= 4 is 40.6 Å². The number of esters is 1. The minimum Gasteiger partial charge on any atom is -0.465 e. The van der Waals surface area contributed by atoms with Gasteiger partial charge >= 0.3 is 5.97 Å². The molecular weight excluding hydrogens is 392 g/mol. The lowest BCUT2D eigenvalue weighted by Crippen LogP contribution is -2.44. The van der Waals surface area contributed by atoms with Crippen molar-refractivity contribution in [3.05, 3.63) is 40.2 Å². The molecule has 1 aliphatic rings. The Morgan fingerprint density at radius 2 is 2.10 bits per heavy atom. The molecule has 8 nitrogen and oxygen atoms in total. The summed E-state index contributed by atoms with van der Waals surface area (Å²) in [7, 11) is 1.30. The van der Waals surface area contributed by atoms with Crippen molar-refractivity contribution in [1.29, 1.82) is 0 Å². The molecule has 29 heavy (non-hydrogen) atoms. The molecule has 2 aromatic rings. The van der Waals surface area contributed by atoms with E-state index in [2.05, 4.69) is 15.6 Å². The largest absolute Gasteiger partial charge is 0.465 e. The van der Waals surface area contributed by atoms with Gasteiger partial charge in [0.1, 0.15) is 10.7 Å². The van der Waals surface area contributed by atoms with Gasteiger partial charge in [-0.2, -0.15) is 0 Å². The van der Waals surface area contributed by atoms with Gasteiger partial charge in [0.2, 0.25) is 11.8 Å². The predicted molar refractivity (Wildman–Crippen MR) is 111 cm³/mol. The van der Waals surface area contributed by atoms with E-state index in [9.17, 15) is 14.4 Å². The van der Waals surface area contributed by atoms with E-state index >= 15 is 0 Å². The van der Waals surface area contributed by atoms with Gasteiger partial charge in [0.05, 0.1) is 25.3 Å². The summed E-state index contributed by atoms with van der Waals surface area (Å²) in [6, 6.07) is 7.16. The van der Waals surface area contributed by atoms with Gasteiger partial charge in [0.25, 0.3) is 0 Å². The summed E-state index contributed by atoms with van der Waals surface area (Å²) in [6.45, 7) is 3.27. The van der Waals surface area contributed by atoms with Gasteiger partial charge < -0.3 is 15.4 Å². The number of hydrogen-bond acceptors (Lipinski definition) is 7. The van der Waals surface area contributed by atoms with E-state index in [0.29, 0.717) is 22.9 Å². The number of aryl methyl sites for hydroxylation is 1. The van der Waals surface area contributed by atoms with Crippen LogP contribution in [0.3, 0.4) is 0 Å². The molecule has 1 saturated heterocycles. The van der Waals surface area contributed by atoms with Crippen LogP contribution in [0, 0.1) is 12.8 Å². The standard InChI is InChI=1S/C20H24N4O4S/c1-13-5-3-7-16(21-13)23-19(26)14-6-4-9-24(11-14)12-17(25)22-15-8-10-29-18(15)20(27)28-2/h3,5,7-8,10,14H,4,6,9,11-12H2,1-2H3,(H,22,25)(H,21,23,26)/t14-/m0/s1. The Bertz CT molecular complexity index is 898. The number of methoxy groups -OCH3 is 1. The Hall–Kier alpha value is -2.78. The summed E-state index contributed by atoms with van der Waals surface area (Å²) in [6.07, 6.45) is 1.60. The van der Waals surface area contributed by atoms with Crippen LogP contribution in [0.1, 0.15) is 28.2 Å². The number of rotatable bonds is 6. The topological polar surface area (TPSA) is 101 Å². The van der Waals surface area contributed by atoms with Crippen LogP contribution >= 0.6 is 11.3 Å². The number of aromatic nitrogens is 1. The summed E-state index contributed by atoms with van der Waals surface area (Å²) in [5.41, 5.74) is 1.29. The van der Waals surface area contributed by atoms with E-state index in [4.69, 9.17) is 4.74 Å². The normalized spacial score (nSPS) is 16.8. The van der Waals surface area contributed by atoms with Crippen LogP contribution in [0.15, 0.2) is 29.6 Å². The minimum atomic E-state index is -0.477. The number of nitrogens with one attached hydrogen (secondary N) is 2. The number of ether oxygens (including phenoxy) is 1. The zero-order valence-corrected chi connectivity index (χ0v) is 17.3. The van der Waals surface area contributed by atoms with Crippen LogP contribution < -0.4 is 10.6 Å². The highest BCUT2D eigenvalue weighted by molar-refractivity contribution is 7.12. The summed E-state index contributed by atoms with van der Waals surface area (Å²) >= 11 is 1.21. The van der Waals surface area contributed by atoms with Gasteiger partial charge in [-0.15, -0.1) is 11.3 Å². The third-order valence-corrected chi connectivity index (χ3v) is 5.59. The number of amides is 2. The maximum absolute atomic E-state index is 12.6. The van der Waals surface area contributed by atoms with Gasteiger partial charge in [0, 0.05) is 12.2 Å². The molecule has 1 atom stereocenters. The predicted octanol–water partition coefficient (Wildman–Crippen LogP) is 2.53. The Kier molecular flexibility index (Phi) is 6.95. The number of pyridine rings is 1. The molecule has 0 bridgehead atoms. The van der Waals surface area contributed by atoms with Crippen LogP contribution in [0.4, 0.5) is 11.5 Å². The first-order valence-corrected chi connectivity index (χ1v) is 10.3. The summed E-state index contributed by atoms with van der Waals surface area (Å²) < 4.78 is 4.72. The Labute approximate surface area is 173 Å². The molecule has 0 saturated carbocycles. The van der Waals surface area contributed by atoms with Crippen molar-refractivity contribution in [2.45, 2.75) is 19.8 Å². The maximum Gasteiger partial charge on any atom is 0.350 e. The minimum absolute atomic E-state index is 0.0842. The number of thiophene rings is 1. The Morgan fingerprint density at radius 3 is 2.86 bits per heavy atom. The first-order chi connectivity index (χ1) is 14.0. The Balaban J connectivity index is 1.54. The quantitative estimate of drug-likeness (QED) is 0.702. The maximum atomic E-state index is 12.6. The number of likely N-dealkylation sites (tertiary alicyclic amines) is 1. The molecule has 1 fully saturated rings. The van der Waals surface area contributed by atoms with E-state index in [1.165, 1.54) is 18.4 Å². The molecular formula is C20H24N4O4S. The van der Waals surface area contributed by atoms with Crippen LogP contribution in [0.5, 0.6) is 0 Å². The van der Waals surface area contributed by atoms with Gasteiger partial charge in [-0.3, -0.25) is 14.5 Å². The van der Waals surface area contributed by atoms with Gasteiger partial charge in [-0.05, 0) is 49.9 Å². The number of nitrogens with zero attached hydrogens (tertiary/aromatic N) is 2.